The highest BCUT2D eigenvalue weighted by molar-refractivity contribution is 5.80. The van der Waals surface area contributed by atoms with Gasteiger partial charge >= 0.3 is 0 Å². The van der Waals surface area contributed by atoms with E-state index in [-0.39, 0.29) is 0 Å². The largest absolute Gasteiger partial charge is 0.494 e. The first kappa shape index (κ1) is 22.9. The summed E-state index contributed by atoms with van der Waals surface area (Å²) < 4.78 is 17.7. The Balaban J connectivity index is 1.35. The molecule has 2 aliphatic heterocycles. The second-order valence-corrected chi connectivity index (χ2v) is 8.26. The highest BCUT2D eigenvalue weighted by Crippen LogP contribution is 2.18. The Morgan fingerprint density at radius 1 is 1.17 bits per heavy atom. The maximum absolute atomic E-state index is 6.14. The molecule has 2 fully saturated rings. The van der Waals surface area contributed by atoms with Gasteiger partial charge in [0, 0.05) is 39.2 Å². The van der Waals surface area contributed by atoms with E-state index in [1.54, 1.807) is 0 Å². The number of hydrogen-bond donors (Lipinski definition) is 1. The van der Waals surface area contributed by atoms with Gasteiger partial charge in [-0.05, 0) is 58.1 Å². The first-order chi connectivity index (χ1) is 14.7. The van der Waals surface area contributed by atoms with Crippen LogP contribution in [-0.2, 0) is 9.47 Å². The van der Waals surface area contributed by atoms with Gasteiger partial charge in [0.25, 0.3) is 0 Å². The van der Waals surface area contributed by atoms with Crippen LogP contribution in [0.1, 0.15) is 51.0 Å². The van der Waals surface area contributed by atoms with Crippen molar-refractivity contribution in [1.29, 1.82) is 0 Å². The van der Waals surface area contributed by atoms with Gasteiger partial charge in [-0.2, -0.15) is 0 Å². The van der Waals surface area contributed by atoms with Crippen LogP contribution < -0.4 is 10.1 Å². The van der Waals surface area contributed by atoms with E-state index in [2.05, 4.69) is 36.2 Å². The first-order valence-corrected chi connectivity index (χ1v) is 11.7. The lowest BCUT2D eigenvalue weighted by Gasteiger charge is -2.35. The monoisotopic (exact) mass is 417 g/mol. The molecule has 168 valence electrons. The molecular formula is C24H39N3O3. The molecule has 0 spiro atoms. The topological polar surface area (TPSA) is 55.3 Å². The summed E-state index contributed by atoms with van der Waals surface area (Å²) in [5.74, 6) is 1.94. The van der Waals surface area contributed by atoms with E-state index in [1.165, 1.54) is 18.4 Å². The van der Waals surface area contributed by atoms with E-state index < -0.39 is 0 Å². The zero-order valence-electron chi connectivity index (χ0n) is 18.8. The summed E-state index contributed by atoms with van der Waals surface area (Å²) in [6.45, 7) is 10.2. The van der Waals surface area contributed by atoms with Crippen molar-refractivity contribution in [3.8, 4) is 5.75 Å². The maximum Gasteiger partial charge on any atom is 0.193 e. The summed E-state index contributed by atoms with van der Waals surface area (Å²) in [5, 5.41) is 3.44. The van der Waals surface area contributed by atoms with Crippen LogP contribution in [-0.4, -0.2) is 69.1 Å². The number of aliphatic imine (C=N–C) groups is 1. The van der Waals surface area contributed by atoms with Crippen LogP contribution in [0.2, 0.25) is 0 Å². The molecule has 0 aliphatic carbocycles. The number of nitrogens with one attached hydrogen (secondary N) is 1. The number of nitrogens with zero attached hydrogens (tertiary/aromatic N) is 2. The minimum absolute atomic E-state index is 0.304. The van der Waals surface area contributed by atoms with Crippen molar-refractivity contribution in [2.24, 2.45) is 4.99 Å². The summed E-state index contributed by atoms with van der Waals surface area (Å²) in [4.78, 5) is 7.18. The molecule has 1 aromatic rings. The SMILES string of the molecule is CCNC(=NCCCOc1ccc(C)cc1)N1CCC(OCC2CCCCO2)CC1. The molecule has 0 saturated carbocycles. The third kappa shape index (κ3) is 7.80. The average molecular weight is 418 g/mol. The van der Waals surface area contributed by atoms with Crippen LogP contribution in [0, 0.1) is 6.92 Å². The second-order valence-electron chi connectivity index (χ2n) is 8.26. The number of aryl methyl sites for hydroxylation is 1. The Bertz CT molecular complexity index is 621. The van der Waals surface area contributed by atoms with Crippen molar-refractivity contribution in [2.45, 2.75) is 64.6 Å². The molecule has 3 rings (SSSR count). The Kier molecular flexibility index (Phi) is 9.77. The Morgan fingerprint density at radius 2 is 1.97 bits per heavy atom. The lowest BCUT2D eigenvalue weighted by molar-refractivity contribution is -0.0721. The molecule has 1 aromatic carbocycles. The van der Waals surface area contributed by atoms with Gasteiger partial charge in [0.15, 0.2) is 5.96 Å². The van der Waals surface area contributed by atoms with Crippen molar-refractivity contribution in [2.75, 3.05) is 46.0 Å². The van der Waals surface area contributed by atoms with E-state index in [1.807, 2.05) is 12.1 Å². The highest BCUT2D eigenvalue weighted by atomic mass is 16.5. The third-order valence-electron chi connectivity index (χ3n) is 5.72. The number of piperidine rings is 1. The molecule has 1 unspecified atom stereocenters. The first-order valence-electron chi connectivity index (χ1n) is 11.7. The fourth-order valence-electron chi connectivity index (χ4n) is 3.92. The van der Waals surface area contributed by atoms with Crippen molar-refractivity contribution < 1.29 is 14.2 Å². The molecule has 2 saturated heterocycles. The fraction of sp³-hybridized carbons (Fsp3) is 0.708. The maximum atomic E-state index is 6.14. The molecular weight excluding hydrogens is 378 g/mol. The van der Waals surface area contributed by atoms with Gasteiger partial charge < -0.3 is 24.4 Å². The minimum atomic E-state index is 0.304. The van der Waals surface area contributed by atoms with Crippen LogP contribution in [0.3, 0.4) is 0 Å². The van der Waals surface area contributed by atoms with Gasteiger partial charge in [-0.25, -0.2) is 0 Å². The summed E-state index contributed by atoms with van der Waals surface area (Å²) in [6.07, 6.45) is 7.26. The zero-order valence-corrected chi connectivity index (χ0v) is 18.8. The van der Waals surface area contributed by atoms with Gasteiger partial charge in [-0.1, -0.05) is 17.7 Å². The second kappa shape index (κ2) is 12.8. The molecule has 2 heterocycles. The number of ether oxygens (including phenoxy) is 3. The van der Waals surface area contributed by atoms with Gasteiger partial charge in [0.05, 0.1) is 25.4 Å². The molecule has 0 bridgehead atoms. The molecule has 6 heteroatoms. The predicted molar refractivity (Wildman–Crippen MR) is 121 cm³/mol. The van der Waals surface area contributed by atoms with E-state index >= 15 is 0 Å². The van der Waals surface area contributed by atoms with Crippen LogP contribution in [0.25, 0.3) is 0 Å². The lowest BCUT2D eigenvalue weighted by Crippen LogP contribution is -2.47. The third-order valence-corrected chi connectivity index (χ3v) is 5.72. The Morgan fingerprint density at radius 3 is 2.67 bits per heavy atom. The van der Waals surface area contributed by atoms with Crippen molar-refractivity contribution in [3.05, 3.63) is 29.8 Å². The fourth-order valence-corrected chi connectivity index (χ4v) is 3.92. The molecule has 1 atom stereocenters. The molecule has 0 amide bonds. The van der Waals surface area contributed by atoms with Crippen molar-refractivity contribution in [3.63, 3.8) is 0 Å². The van der Waals surface area contributed by atoms with E-state index in [4.69, 9.17) is 19.2 Å². The molecule has 2 aliphatic rings. The predicted octanol–water partition coefficient (Wildman–Crippen LogP) is 3.78. The van der Waals surface area contributed by atoms with Gasteiger partial charge in [-0.15, -0.1) is 0 Å². The number of hydrogen-bond acceptors (Lipinski definition) is 4. The van der Waals surface area contributed by atoms with Crippen LogP contribution in [0.15, 0.2) is 29.3 Å². The van der Waals surface area contributed by atoms with Gasteiger partial charge in [0.1, 0.15) is 5.75 Å². The summed E-state index contributed by atoms with van der Waals surface area (Å²) >= 11 is 0. The minimum Gasteiger partial charge on any atom is -0.494 e. The number of guanidine groups is 1. The van der Waals surface area contributed by atoms with Crippen LogP contribution in [0.5, 0.6) is 5.75 Å². The normalized spacial score (nSPS) is 20.9. The lowest BCUT2D eigenvalue weighted by atomic mass is 10.1. The summed E-state index contributed by atoms with van der Waals surface area (Å²) in [6, 6.07) is 8.20. The van der Waals surface area contributed by atoms with E-state index in [0.717, 1.165) is 76.8 Å². The molecule has 30 heavy (non-hydrogen) atoms. The number of likely N-dealkylation sites (tertiary alicyclic amines) is 1. The summed E-state index contributed by atoms with van der Waals surface area (Å²) in [5.41, 5.74) is 1.25. The van der Waals surface area contributed by atoms with Crippen LogP contribution in [0.4, 0.5) is 0 Å². The van der Waals surface area contributed by atoms with Gasteiger partial charge in [-0.3, -0.25) is 4.99 Å². The quantitative estimate of drug-likeness (QED) is 0.376. The molecule has 0 aromatic heterocycles. The highest BCUT2D eigenvalue weighted by Gasteiger charge is 2.23. The Hall–Kier alpha value is -1.79. The zero-order chi connectivity index (χ0) is 21.0. The van der Waals surface area contributed by atoms with E-state index in [0.29, 0.717) is 18.8 Å². The standard InChI is InChI=1S/C24H39N3O3/c1-3-25-24(26-14-6-18-28-21-10-8-20(2)9-11-21)27-15-12-22(13-16-27)30-19-23-7-4-5-17-29-23/h8-11,22-23H,3-7,12-19H2,1-2H3,(H,25,26). The summed E-state index contributed by atoms with van der Waals surface area (Å²) in [7, 11) is 0. The smallest absolute Gasteiger partial charge is 0.193 e. The number of rotatable bonds is 9. The average Bonchev–Trinajstić information content (AvgIpc) is 2.79. The molecule has 0 radical (unpaired) electrons. The van der Waals surface area contributed by atoms with Crippen molar-refractivity contribution in [1.82, 2.24) is 10.2 Å². The van der Waals surface area contributed by atoms with Crippen molar-refractivity contribution >= 4 is 5.96 Å². The van der Waals surface area contributed by atoms with Crippen LogP contribution >= 0.6 is 0 Å². The molecule has 6 nitrogen and oxygen atoms in total. The molecule has 1 N–H and O–H groups in total. The van der Waals surface area contributed by atoms with E-state index in [9.17, 15) is 0 Å². The number of benzene rings is 1. The Labute approximate surface area is 182 Å². The van der Waals surface area contributed by atoms with Gasteiger partial charge in [0.2, 0.25) is 0 Å².